The van der Waals surface area contributed by atoms with E-state index in [1.807, 2.05) is 4.73 Å². The quantitative estimate of drug-likeness (QED) is 0.0821. The summed E-state index contributed by atoms with van der Waals surface area (Å²) < 4.78 is 61.2. The molecule has 0 spiro atoms. The van der Waals surface area contributed by atoms with Gasteiger partial charge in [-0.1, -0.05) is 93.3 Å². The number of aromatic nitrogens is 1. The molecule has 0 aliphatic rings. The molecule has 0 saturated heterocycles. The van der Waals surface area contributed by atoms with Crippen LogP contribution in [0.15, 0.2) is 91.0 Å². The fraction of sp³-hybridized carbons (Fsp3) is 0.276. The van der Waals surface area contributed by atoms with Gasteiger partial charge in [-0.3, -0.25) is 4.84 Å². The van der Waals surface area contributed by atoms with Crippen molar-refractivity contribution in [1.29, 1.82) is 0 Å². The van der Waals surface area contributed by atoms with Crippen LogP contribution in [-0.2, 0) is 0 Å². The van der Waals surface area contributed by atoms with Crippen LogP contribution in [0.3, 0.4) is 0 Å². The van der Waals surface area contributed by atoms with Gasteiger partial charge in [0.15, 0.2) is 6.61 Å². The third kappa shape index (κ3) is 10.3. The maximum atomic E-state index is 9.87. The van der Waals surface area contributed by atoms with Crippen molar-refractivity contribution in [1.82, 2.24) is 0 Å². The second kappa shape index (κ2) is 11.7. The number of benzene rings is 3. The molecule has 0 aliphatic carbocycles. The van der Waals surface area contributed by atoms with E-state index in [0.717, 1.165) is 29.8 Å². The van der Waals surface area contributed by atoms with Gasteiger partial charge in [-0.25, -0.2) is 0 Å². The summed E-state index contributed by atoms with van der Waals surface area (Å²) in [5, 5.41) is 1.20. The molecule has 1 heterocycles. The van der Waals surface area contributed by atoms with Crippen LogP contribution in [0.4, 0.5) is 25.2 Å². The normalized spacial score (nSPS) is 13.2. The van der Waals surface area contributed by atoms with Crippen LogP contribution in [0, 0.1) is 0 Å². The van der Waals surface area contributed by atoms with E-state index in [9.17, 15) is 25.2 Å². The summed E-state index contributed by atoms with van der Waals surface area (Å²) in [6.07, 6.45) is 7.54. The number of nitrogens with zero attached hydrogens (tertiary/aromatic N) is 1. The number of para-hydroxylation sites is 1. The van der Waals surface area contributed by atoms with Gasteiger partial charge in [0.25, 0.3) is 11.2 Å². The second-order valence-electron chi connectivity index (χ2n) is 9.05. The van der Waals surface area contributed by atoms with E-state index < -0.39 is 7.81 Å². The van der Waals surface area contributed by atoms with Crippen LogP contribution >= 0.6 is 7.81 Å². The average molecular weight is 556 g/mol. The first-order valence-corrected chi connectivity index (χ1v) is 14.6. The Hall–Kier alpha value is -3.12. The molecule has 0 fully saturated rings. The topological polar surface area (TPSA) is 13.1 Å². The van der Waals surface area contributed by atoms with Gasteiger partial charge >= 0.3 is 33.0 Å². The molecule has 0 N–H and O–H groups in total. The predicted molar refractivity (Wildman–Crippen MR) is 143 cm³/mol. The average Bonchev–Trinajstić information content (AvgIpc) is 2.87. The summed E-state index contributed by atoms with van der Waals surface area (Å²) >= 11 is 0. The Balaban J connectivity index is 0.000000505. The number of unbranched alkanes of at least 4 members (excludes halogenated alkanes) is 5. The van der Waals surface area contributed by atoms with Crippen molar-refractivity contribution in [2.75, 3.05) is 6.61 Å². The first-order valence-electron chi connectivity index (χ1n) is 12.6. The van der Waals surface area contributed by atoms with Crippen molar-refractivity contribution in [3.63, 3.8) is 0 Å². The Morgan fingerprint density at radius 3 is 1.74 bits per heavy atom. The van der Waals surface area contributed by atoms with E-state index >= 15 is 0 Å². The first kappa shape index (κ1) is 29.4. The predicted octanol–water partition coefficient (Wildman–Crippen LogP) is 10.6. The summed E-state index contributed by atoms with van der Waals surface area (Å²) in [7, 11) is -10.7. The summed E-state index contributed by atoms with van der Waals surface area (Å²) in [4.78, 5) is 6.42. The summed E-state index contributed by atoms with van der Waals surface area (Å²) in [6.45, 7) is 2.99. The second-order valence-corrected chi connectivity index (χ2v) is 11.0. The summed E-state index contributed by atoms with van der Waals surface area (Å²) in [5.74, 6) is 0. The van der Waals surface area contributed by atoms with E-state index in [-0.39, 0.29) is 0 Å². The van der Waals surface area contributed by atoms with E-state index in [1.54, 1.807) is 0 Å². The van der Waals surface area contributed by atoms with Crippen LogP contribution in [0.25, 0.3) is 33.3 Å². The Morgan fingerprint density at radius 2 is 1.13 bits per heavy atom. The molecule has 4 aromatic rings. The van der Waals surface area contributed by atoms with Gasteiger partial charge in [0.05, 0.1) is 10.9 Å². The van der Waals surface area contributed by atoms with Gasteiger partial charge in [-0.15, -0.1) is 0 Å². The molecule has 0 atom stereocenters. The van der Waals surface area contributed by atoms with Crippen LogP contribution in [0.2, 0.25) is 0 Å². The molecule has 0 amide bonds. The number of halogens is 6. The molecule has 0 unspecified atom stereocenters. The minimum atomic E-state index is -10.7. The number of fused-ring (bicyclic) bond motifs is 1. The van der Waals surface area contributed by atoms with Crippen molar-refractivity contribution >= 4 is 18.7 Å². The number of pyridine rings is 1. The Bertz CT molecular complexity index is 1300. The summed E-state index contributed by atoms with van der Waals surface area (Å²) in [6, 6.07) is 32.0. The van der Waals surface area contributed by atoms with Crippen LogP contribution in [0.5, 0.6) is 0 Å². The van der Waals surface area contributed by atoms with Crippen LogP contribution < -0.4 is 9.57 Å². The zero-order valence-electron chi connectivity index (χ0n) is 21.2. The van der Waals surface area contributed by atoms with Crippen LogP contribution in [-0.4, -0.2) is 6.61 Å². The van der Waals surface area contributed by atoms with E-state index in [0.29, 0.717) is 0 Å². The molecule has 1 aromatic heterocycles. The number of hydrogen-bond acceptors (Lipinski definition) is 1. The molecule has 38 heavy (non-hydrogen) atoms. The van der Waals surface area contributed by atoms with Crippen molar-refractivity contribution in [3.05, 3.63) is 91.0 Å². The molecule has 4 rings (SSSR count). The molecule has 0 bridgehead atoms. The molecular weight excluding hydrogens is 523 g/mol. The van der Waals surface area contributed by atoms with Gasteiger partial charge in [0.1, 0.15) is 0 Å². The summed E-state index contributed by atoms with van der Waals surface area (Å²) in [5.41, 5.74) is 5.81. The Kier molecular flexibility index (Phi) is 9.09. The van der Waals surface area contributed by atoms with Crippen molar-refractivity contribution < 1.29 is 34.7 Å². The van der Waals surface area contributed by atoms with Crippen molar-refractivity contribution in [2.24, 2.45) is 0 Å². The fourth-order valence-corrected chi connectivity index (χ4v) is 4.12. The van der Waals surface area contributed by atoms with Gasteiger partial charge in [-0.2, -0.15) is 0 Å². The van der Waals surface area contributed by atoms with Gasteiger partial charge in [0, 0.05) is 22.4 Å². The SMILES string of the molecule is CCCCCCCCO[n+]1c(-c2ccccc2)cc(-c2ccccc2)c2ccccc21.F[P-](F)(F)(F)(F)F. The number of rotatable bonds is 10. The van der Waals surface area contributed by atoms with Gasteiger partial charge < -0.3 is 0 Å². The zero-order valence-corrected chi connectivity index (χ0v) is 22.1. The third-order valence-electron chi connectivity index (χ3n) is 5.79. The molecule has 0 radical (unpaired) electrons. The van der Waals surface area contributed by atoms with E-state index in [1.165, 1.54) is 48.6 Å². The first-order chi connectivity index (χ1) is 17.8. The number of hydrogen-bond donors (Lipinski definition) is 0. The maximum absolute atomic E-state index is 10.7. The molecule has 0 aliphatic heterocycles. The molecule has 3 aromatic carbocycles. The van der Waals surface area contributed by atoms with E-state index in [2.05, 4.69) is 97.9 Å². The third-order valence-corrected chi connectivity index (χ3v) is 5.79. The zero-order chi connectivity index (χ0) is 27.7. The molecule has 2 nitrogen and oxygen atoms in total. The Morgan fingerprint density at radius 1 is 0.632 bits per heavy atom. The standard InChI is InChI=1S/C29H32NO.F6P/c1-2-3-4-5-6-15-22-31-30-28-21-14-13-20-26(28)27(24-16-9-7-10-17-24)23-29(30)25-18-11-8-12-19-25;1-7(2,3,4,5)6/h7-14,16-21,23H,2-6,15,22H2,1H3;/q+1;-1. The minimum absolute atomic E-state index is 0.727. The Labute approximate surface area is 219 Å². The van der Waals surface area contributed by atoms with Crippen LogP contribution in [0.1, 0.15) is 45.4 Å². The molecule has 0 saturated carbocycles. The molecule has 206 valence electrons. The van der Waals surface area contributed by atoms with Gasteiger partial charge in [-0.05, 0) is 36.6 Å². The monoisotopic (exact) mass is 555 g/mol. The molecule has 9 heteroatoms. The van der Waals surface area contributed by atoms with Crippen molar-refractivity contribution in [3.8, 4) is 22.4 Å². The fourth-order valence-electron chi connectivity index (χ4n) is 4.12. The van der Waals surface area contributed by atoms with E-state index in [4.69, 9.17) is 4.84 Å². The van der Waals surface area contributed by atoms with Gasteiger partial charge in [0.2, 0.25) is 0 Å². The van der Waals surface area contributed by atoms with Crippen molar-refractivity contribution in [2.45, 2.75) is 45.4 Å². The molecular formula is C29H32F6NOP.